The lowest BCUT2D eigenvalue weighted by Gasteiger charge is -2.40. The van der Waals surface area contributed by atoms with Crippen LogP contribution in [0.3, 0.4) is 0 Å². The molecule has 1 unspecified atom stereocenters. The van der Waals surface area contributed by atoms with Crippen LogP contribution in [0.15, 0.2) is 83.9 Å². The molecule has 7 heteroatoms. The molecule has 1 fully saturated rings. The van der Waals surface area contributed by atoms with Gasteiger partial charge in [-0.2, -0.15) is 0 Å². The van der Waals surface area contributed by atoms with Crippen molar-refractivity contribution in [1.82, 2.24) is 24.3 Å². The summed E-state index contributed by atoms with van der Waals surface area (Å²) in [4.78, 5) is 36.9. The lowest BCUT2D eigenvalue weighted by atomic mass is 9.84. The molecule has 7 nitrogen and oxygen atoms in total. The molecule has 1 atom stereocenters. The number of carbonyl (C=O) groups is 1. The predicted octanol–water partition coefficient (Wildman–Crippen LogP) is 4.10. The maximum absolute atomic E-state index is 13.1. The van der Waals surface area contributed by atoms with Crippen LogP contribution >= 0.6 is 0 Å². The van der Waals surface area contributed by atoms with Gasteiger partial charge < -0.3 is 9.88 Å². The largest absolute Gasteiger partial charge is 0.343 e. The summed E-state index contributed by atoms with van der Waals surface area (Å²) in [7, 11) is 2.21. The van der Waals surface area contributed by atoms with E-state index in [4.69, 9.17) is 0 Å². The number of amides is 1. The molecular weight excluding hydrogens is 462 g/mol. The minimum Gasteiger partial charge on any atom is -0.343 e. The number of piperidine rings is 1. The number of benzene rings is 2. The third kappa shape index (κ3) is 6.00. The predicted molar refractivity (Wildman–Crippen MR) is 146 cm³/mol. The molecule has 1 amide bonds. The number of nitrogens with zero attached hydrogens (tertiary/aromatic N) is 4. The summed E-state index contributed by atoms with van der Waals surface area (Å²) in [5, 5.41) is 0. The molecule has 37 heavy (non-hydrogen) atoms. The van der Waals surface area contributed by atoms with Gasteiger partial charge in [0.05, 0.1) is 11.0 Å². The third-order valence-electron chi connectivity index (χ3n) is 7.70. The first-order chi connectivity index (χ1) is 18.1. The molecule has 1 N–H and O–H groups in total. The zero-order chi connectivity index (χ0) is 25.6. The van der Waals surface area contributed by atoms with Crippen molar-refractivity contribution in [2.75, 3.05) is 20.1 Å². The molecular formula is C30H35N5O2. The minimum absolute atomic E-state index is 0.125. The molecule has 0 radical (unpaired) electrons. The smallest absolute Gasteiger partial charge is 0.326 e. The van der Waals surface area contributed by atoms with Gasteiger partial charge >= 0.3 is 5.69 Å². The summed E-state index contributed by atoms with van der Waals surface area (Å²) in [6.45, 7) is 2.80. The number of aromatic amines is 1. The number of hydrogen-bond acceptors (Lipinski definition) is 4. The first-order valence-electron chi connectivity index (χ1n) is 13.2. The number of pyridine rings is 1. The van der Waals surface area contributed by atoms with E-state index in [-0.39, 0.29) is 11.6 Å². The van der Waals surface area contributed by atoms with Crippen LogP contribution in [-0.2, 0) is 24.3 Å². The van der Waals surface area contributed by atoms with Crippen molar-refractivity contribution in [1.29, 1.82) is 0 Å². The van der Waals surface area contributed by atoms with Crippen LogP contribution in [0.2, 0.25) is 0 Å². The van der Waals surface area contributed by atoms with Gasteiger partial charge in [-0.1, -0.05) is 42.5 Å². The van der Waals surface area contributed by atoms with Gasteiger partial charge in [0.1, 0.15) is 0 Å². The molecule has 2 aromatic heterocycles. The van der Waals surface area contributed by atoms with Gasteiger partial charge in [0.25, 0.3) is 0 Å². The number of aromatic nitrogens is 3. The van der Waals surface area contributed by atoms with E-state index < -0.39 is 0 Å². The monoisotopic (exact) mass is 497 g/mol. The van der Waals surface area contributed by atoms with Crippen LogP contribution in [0.5, 0.6) is 0 Å². The molecule has 0 bridgehead atoms. The Morgan fingerprint density at radius 3 is 2.46 bits per heavy atom. The number of nitrogens with one attached hydrogen (secondary N) is 1. The van der Waals surface area contributed by atoms with Crippen molar-refractivity contribution in [2.24, 2.45) is 5.92 Å². The maximum atomic E-state index is 13.1. The lowest BCUT2D eigenvalue weighted by molar-refractivity contribution is -0.133. The molecule has 192 valence electrons. The molecule has 5 rings (SSSR count). The number of rotatable bonds is 9. The molecule has 0 aliphatic carbocycles. The van der Waals surface area contributed by atoms with Crippen LogP contribution < -0.4 is 5.69 Å². The Labute approximate surface area is 217 Å². The summed E-state index contributed by atoms with van der Waals surface area (Å²) in [5.41, 5.74) is 4.10. The number of hydrogen-bond donors (Lipinski definition) is 1. The van der Waals surface area contributed by atoms with Crippen molar-refractivity contribution in [3.63, 3.8) is 0 Å². The SMILES string of the molecule is CN(Cc1ccncc1)C(Cc1ccccc1)C1CCN(C(=O)CCn2c(=O)[nH]c3ccccc32)CC1. The molecule has 0 spiro atoms. The van der Waals surface area contributed by atoms with Crippen molar-refractivity contribution in [3.8, 4) is 0 Å². The van der Waals surface area contributed by atoms with Crippen molar-refractivity contribution in [2.45, 2.75) is 44.8 Å². The fourth-order valence-corrected chi connectivity index (χ4v) is 5.66. The van der Waals surface area contributed by atoms with E-state index in [2.05, 4.69) is 64.4 Å². The molecule has 3 heterocycles. The highest BCUT2D eigenvalue weighted by Crippen LogP contribution is 2.28. The van der Waals surface area contributed by atoms with E-state index >= 15 is 0 Å². The van der Waals surface area contributed by atoms with E-state index in [9.17, 15) is 9.59 Å². The standard InChI is InChI=1S/C30H35N5O2/c1-33(22-24-11-16-31-17-12-24)28(21-23-7-3-2-4-8-23)25-13-18-34(19-14-25)29(36)15-20-35-27-10-6-5-9-26(27)32-30(35)37/h2-12,16-17,25,28H,13-15,18-22H2,1H3,(H,32,37). The lowest BCUT2D eigenvalue weighted by Crippen LogP contribution is -2.46. The number of carbonyl (C=O) groups excluding carboxylic acids is 1. The Morgan fingerprint density at radius 2 is 1.70 bits per heavy atom. The second-order valence-corrected chi connectivity index (χ2v) is 10.1. The van der Waals surface area contributed by atoms with E-state index in [0.717, 1.165) is 49.9 Å². The van der Waals surface area contributed by atoms with Gasteiger partial charge in [-0.3, -0.25) is 19.2 Å². The van der Waals surface area contributed by atoms with Crippen molar-refractivity contribution in [3.05, 3.63) is 101 Å². The second kappa shape index (κ2) is 11.6. The van der Waals surface area contributed by atoms with Gasteiger partial charge in [-0.05, 0) is 67.6 Å². The number of likely N-dealkylation sites (N-methyl/N-ethyl adjacent to an activating group) is 1. The molecule has 4 aromatic rings. The van der Waals surface area contributed by atoms with Gasteiger partial charge in [0, 0.05) is 51.0 Å². The number of aryl methyl sites for hydroxylation is 1. The highest BCUT2D eigenvalue weighted by molar-refractivity contribution is 5.77. The third-order valence-corrected chi connectivity index (χ3v) is 7.70. The highest BCUT2D eigenvalue weighted by atomic mass is 16.2. The zero-order valence-electron chi connectivity index (χ0n) is 21.4. The van der Waals surface area contributed by atoms with Crippen LogP contribution in [0, 0.1) is 5.92 Å². The molecule has 1 aliphatic heterocycles. The number of fused-ring (bicyclic) bond motifs is 1. The number of imidazole rings is 1. The quantitative estimate of drug-likeness (QED) is 0.378. The van der Waals surface area contributed by atoms with Crippen molar-refractivity contribution >= 4 is 16.9 Å². The normalized spacial score (nSPS) is 15.4. The van der Waals surface area contributed by atoms with E-state index in [1.165, 1.54) is 11.1 Å². The van der Waals surface area contributed by atoms with Gasteiger partial charge in [-0.15, -0.1) is 0 Å². The van der Waals surface area contributed by atoms with E-state index in [1.54, 1.807) is 4.57 Å². The first-order valence-corrected chi connectivity index (χ1v) is 13.2. The maximum Gasteiger partial charge on any atom is 0.326 e. The first kappa shape index (κ1) is 25.0. The average molecular weight is 498 g/mol. The number of H-pyrrole nitrogens is 1. The molecule has 2 aromatic carbocycles. The average Bonchev–Trinajstić information content (AvgIpc) is 3.26. The fraction of sp³-hybridized carbons (Fsp3) is 0.367. The Bertz CT molecular complexity index is 1360. The van der Waals surface area contributed by atoms with Gasteiger partial charge in [0.2, 0.25) is 5.91 Å². The number of para-hydroxylation sites is 2. The van der Waals surface area contributed by atoms with Crippen LogP contribution in [0.25, 0.3) is 11.0 Å². The van der Waals surface area contributed by atoms with E-state index in [0.29, 0.717) is 24.9 Å². The number of likely N-dealkylation sites (tertiary alicyclic amines) is 1. The van der Waals surface area contributed by atoms with Gasteiger partial charge in [0.15, 0.2) is 0 Å². The van der Waals surface area contributed by atoms with Crippen molar-refractivity contribution < 1.29 is 4.79 Å². The fourth-order valence-electron chi connectivity index (χ4n) is 5.66. The summed E-state index contributed by atoms with van der Waals surface area (Å²) < 4.78 is 1.67. The van der Waals surface area contributed by atoms with Crippen LogP contribution in [0.1, 0.15) is 30.4 Å². The van der Waals surface area contributed by atoms with Crippen LogP contribution in [-0.4, -0.2) is 56.4 Å². The molecule has 0 saturated carbocycles. The summed E-state index contributed by atoms with van der Waals surface area (Å²) in [5.74, 6) is 0.632. The highest BCUT2D eigenvalue weighted by Gasteiger charge is 2.31. The second-order valence-electron chi connectivity index (χ2n) is 10.1. The van der Waals surface area contributed by atoms with Gasteiger partial charge in [-0.25, -0.2) is 4.79 Å². The van der Waals surface area contributed by atoms with Crippen LogP contribution in [0.4, 0.5) is 0 Å². The molecule has 1 saturated heterocycles. The Kier molecular flexibility index (Phi) is 7.80. The Morgan fingerprint density at radius 1 is 1.00 bits per heavy atom. The summed E-state index contributed by atoms with van der Waals surface area (Å²) >= 11 is 0. The Hall–Kier alpha value is -3.71. The summed E-state index contributed by atoms with van der Waals surface area (Å²) in [6.07, 6.45) is 6.99. The topological polar surface area (TPSA) is 74.2 Å². The minimum atomic E-state index is -0.159. The zero-order valence-corrected chi connectivity index (χ0v) is 21.4. The Balaban J connectivity index is 1.21. The summed E-state index contributed by atoms with van der Waals surface area (Å²) in [6, 6.07) is 22.9. The van der Waals surface area contributed by atoms with E-state index in [1.807, 2.05) is 41.6 Å². The molecule has 1 aliphatic rings.